The van der Waals surface area contributed by atoms with E-state index < -0.39 is 64.9 Å². The molecule has 2 amide bonds. The lowest BCUT2D eigenvalue weighted by molar-refractivity contribution is -0.192. The van der Waals surface area contributed by atoms with Crippen molar-refractivity contribution in [2.24, 2.45) is 17.5 Å². The molecule has 1 aromatic carbocycles. The zero-order valence-corrected chi connectivity index (χ0v) is 19.6. The molecule has 0 aliphatic heterocycles. The van der Waals surface area contributed by atoms with Gasteiger partial charge in [0.25, 0.3) is 11.8 Å². The number of hydrogen-bond acceptors (Lipinski definition) is 7. The Morgan fingerprint density at radius 1 is 0.974 bits per heavy atom. The predicted molar refractivity (Wildman–Crippen MR) is 113 cm³/mol. The second kappa shape index (κ2) is 12.2. The largest absolute Gasteiger partial charge is 0.490 e. The molecule has 0 spiro atoms. The molecule has 0 fully saturated rings. The van der Waals surface area contributed by atoms with Gasteiger partial charge in [0.2, 0.25) is 0 Å². The van der Waals surface area contributed by atoms with Gasteiger partial charge in [0.1, 0.15) is 6.33 Å². The molecule has 5 N–H and O–H groups in total. The van der Waals surface area contributed by atoms with Crippen molar-refractivity contribution in [2.75, 3.05) is 0 Å². The Bertz CT molecular complexity index is 1190. The first kappa shape index (κ1) is 33.0. The quantitative estimate of drug-likeness (QED) is 0.160. The summed E-state index contributed by atoms with van der Waals surface area (Å²) in [4.78, 5) is 36.5. The third kappa shape index (κ3) is 9.67. The highest BCUT2D eigenvalue weighted by molar-refractivity contribution is 6.03. The highest BCUT2D eigenvalue weighted by atomic mass is 19.4. The number of aromatic nitrogens is 3. The van der Waals surface area contributed by atoms with Crippen molar-refractivity contribution in [3.8, 4) is 11.4 Å². The summed E-state index contributed by atoms with van der Waals surface area (Å²) in [6.45, 7) is 3.29. The van der Waals surface area contributed by atoms with E-state index in [1.165, 1.54) is 0 Å². The fraction of sp³-hybridized carbons (Fsp3) is 0.350. The fourth-order valence-electron chi connectivity index (χ4n) is 2.34. The number of nitrogens with zero attached hydrogens (tertiary/aromatic N) is 4. The van der Waals surface area contributed by atoms with Crippen LogP contribution in [0.2, 0.25) is 0 Å². The van der Waals surface area contributed by atoms with Crippen LogP contribution in [0.25, 0.3) is 17.6 Å². The number of carbonyl (C=O) groups is 3. The Kier molecular flexibility index (Phi) is 10.4. The SMILES string of the molecule is CC(C)[C@@H](N)C(=O)N(N)C(=O)/C=C\n1cnc(-c2cc(C(F)(F)F)cc(C(F)(F)F)c2)n1.O=C(O)C(F)(F)F. The number of carboxylic acid groups (broad SMARTS) is 1. The van der Waals surface area contributed by atoms with Crippen molar-refractivity contribution >= 4 is 24.0 Å². The topological polar surface area (TPSA) is 157 Å². The van der Waals surface area contributed by atoms with Gasteiger partial charge in [-0.2, -0.15) is 39.5 Å². The second-order valence-corrected chi connectivity index (χ2v) is 7.78. The molecule has 2 aromatic rings. The van der Waals surface area contributed by atoms with Gasteiger partial charge in [0.15, 0.2) is 5.82 Å². The number of hydrazine groups is 1. The van der Waals surface area contributed by atoms with Gasteiger partial charge >= 0.3 is 24.5 Å². The molecule has 1 atom stereocenters. The number of imide groups is 1. The smallest absolute Gasteiger partial charge is 0.475 e. The van der Waals surface area contributed by atoms with Crippen LogP contribution in [-0.4, -0.2) is 54.9 Å². The third-order valence-electron chi connectivity index (χ3n) is 4.44. The standard InChI is InChI=1S/C18H18F6N6O2.C2HF3O2/c1-9(2)14(25)16(32)30(26)13(31)3-4-29-8-27-15(28-29)10-5-11(17(19,20)21)7-12(6-10)18(22,23)24;3-2(4,5)1(6)7/h3-9,14H,25-26H2,1-2H3;(H,6,7)/b4-3-;/t14-;/m1./s1. The average molecular weight is 578 g/mol. The maximum atomic E-state index is 13.0. The number of halogens is 9. The lowest BCUT2D eigenvalue weighted by Crippen LogP contribution is -2.52. The van der Waals surface area contributed by atoms with Gasteiger partial charge in [-0.15, -0.1) is 5.10 Å². The van der Waals surface area contributed by atoms with Gasteiger partial charge in [0, 0.05) is 17.8 Å². The molecule has 0 radical (unpaired) electrons. The van der Waals surface area contributed by atoms with E-state index in [0.717, 1.165) is 23.3 Å². The minimum Gasteiger partial charge on any atom is -0.475 e. The summed E-state index contributed by atoms with van der Waals surface area (Å²) >= 11 is 0. The van der Waals surface area contributed by atoms with E-state index in [1.807, 2.05) is 0 Å². The average Bonchev–Trinajstić information content (AvgIpc) is 3.28. The molecule has 10 nitrogen and oxygen atoms in total. The molecule has 0 bridgehead atoms. The van der Waals surface area contributed by atoms with Crippen molar-refractivity contribution in [3.63, 3.8) is 0 Å². The van der Waals surface area contributed by atoms with E-state index in [-0.39, 0.29) is 17.0 Å². The Balaban J connectivity index is 0.000000956. The Labute approximate surface area is 212 Å². The molecular weight excluding hydrogens is 559 g/mol. The van der Waals surface area contributed by atoms with Crippen molar-refractivity contribution in [2.45, 2.75) is 38.4 Å². The summed E-state index contributed by atoms with van der Waals surface area (Å²) in [5.41, 5.74) is 2.04. The van der Waals surface area contributed by atoms with Crippen LogP contribution in [0.4, 0.5) is 39.5 Å². The number of carboxylic acids is 1. The molecule has 0 aliphatic rings. The second-order valence-electron chi connectivity index (χ2n) is 7.78. The summed E-state index contributed by atoms with van der Waals surface area (Å²) in [6, 6.07) is -0.109. The number of nitrogens with two attached hydrogens (primary N) is 2. The van der Waals surface area contributed by atoms with Crippen molar-refractivity contribution in [1.29, 1.82) is 0 Å². The van der Waals surface area contributed by atoms with Crippen LogP contribution in [-0.2, 0) is 26.7 Å². The van der Waals surface area contributed by atoms with Crippen molar-refractivity contribution in [1.82, 2.24) is 19.8 Å². The van der Waals surface area contributed by atoms with E-state index in [2.05, 4.69) is 10.1 Å². The molecule has 0 unspecified atom stereocenters. The van der Waals surface area contributed by atoms with E-state index in [0.29, 0.717) is 12.1 Å². The summed E-state index contributed by atoms with van der Waals surface area (Å²) < 4.78 is 111. The molecule has 0 aliphatic carbocycles. The molecule has 0 saturated heterocycles. The van der Waals surface area contributed by atoms with Crippen LogP contribution in [0.3, 0.4) is 0 Å². The molecule has 19 heteroatoms. The first-order valence-corrected chi connectivity index (χ1v) is 10.1. The van der Waals surface area contributed by atoms with Gasteiger partial charge < -0.3 is 10.8 Å². The van der Waals surface area contributed by atoms with Gasteiger partial charge in [-0.1, -0.05) is 13.8 Å². The van der Waals surface area contributed by atoms with Crippen molar-refractivity contribution in [3.05, 3.63) is 41.7 Å². The highest BCUT2D eigenvalue weighted by Gasteiger charge is 2.38. The van der Waals surface area contributed by atoms with E-state index in [4.69, 9.17) is 21.5 Å². The lowest BCUT2D eigenvalue weighted by atomic mass is 10.0. The summed E-state index contributed by atoms with van der Waals surface area (Å²) in [7, 11) is 0. The fourth-order valence-corrected chi connectivity index (χ4v) is 2.34. The van der Waals surface area contributed by atoms with Crippen LogP contribution < -0.4 is 11.6 Å². The number of alkyl halides is 9. The Morgan fingerprint density at radius 3 is 1.82 bits per heavy atom. The molecule has 1 heterocycles. The molecular formula is C20H19F9N6O4. The summed E-state index contributed by atoms with van der Waals surface area (Å²) in [6.07, 6.45) is -12.4. The number of aliphatic carboxylic acids is 1. The lowest BCUT2D eigenvalue weighted by Gasteiger charge is -2.20. The van der Waals surface area contributed by atoms with Gasteiger partial charge in [-0.3, -0.25) is 9.59 Å². The first-order chi connectivity index (χ1) is 17.6. The van der Waals surface area contributed by atoms with Gasteiger partial charge in [-0.05, 0) is 24.1 Å². The Hall–Kier alpha value is -4.00. The molecule has 0 saturated carbocycles. The monoisotopic (exact) mass is 578 g/mol. The van der Waals surface area contributed by atoms with Crippen LogP contribution in [0, 0.1) is 5.92 Å². The predicted octanol–water partition coefficient (Wildman–Crippen LogP) is 3.30. The van der Waals surface area contributed by atoms with Crippen LogP contribution in [0.1, 0.15) is 25.0 Å². The third-order valence-corrected chi connectivity index (χ3v) is 4.44. The maximum absolute atomic E-state index is 13.0. The van der Waals surface area contributed by atoms with Crippen molar-refractivity contribution < 1.29 is 59.0 Å². The number of carbonyl (C=O) groups excluding carboxylic acids is 2. The van der Waals surface area contributed by atoms with E-state index >= 15 is 0 Å². The van der Waals surface area contributed by atoms with Gasteiger partial charge in [0.05, 0.1) is 17.2 Å². The molecule has 1 aromatic heterocycles. The zero-order chi connectivity index (χ0) is 30.5. The normalized spacial score (nSPS) is 13.2. The van der Waals surface area contributed by atoms with E-state index in [9.17, 15) is 49.1 Å². The van der Waals surface area contributed by atoms with Gasteiger partial charge in [-0.25, -0.2) is 25.3 Å². The first-order valence-electron chi connectivity index (χ1n) is 10.1. The van der Waals surface area contributed by atoms with E-state index in [1.54, 1.807) is 13.8 Å². The Morgan fingerprint density at radius 2 is 1.44 bits per heavy atom. The number of hydrogen-bond donors (Lipinski definition) is 3. The van der Waals surface area contributed by atoms with Crippen LogP contribution in [0.5, 0.6) is 0 Å². The maximum Gasteiger partial charge on any atom is 0.490 e. The molecule has 2 rings (SSSR count). The number of amides is 2. The molecule has 39 heavy (non-hydrogen) atoms. The highest BCUT2D eigenvalue weighted by Crippen LogP contribution is 2.38. The number of rotatable bonds is 5. The molecule has 216 valence electrons. The number of benzene rings is 1. The minimum absolute atomic E-state index is 0.0201. The zero-order valence-electron chi connectivity index (χ0n) is 19.6. The summed E-state index contributed by atoms with van der Waals surface area (Å²) in [5, 5.41) is 11.1. The van der Waals surface area contributed by atoms with Crippen LogP contribution >= 0.6 is 0 Å². The van der Waals surface area contributed by atoms with Crippen LogP contribution in [0.15, 0.2) is 30.6 Å². The summed E-state index contributed by atoms with van der Waals surface area (Å²) in [5.74, 6) is 0.0768. The minimum atomic E-state index is -5.08.